The number of halogens is 3. The summed E-state index contributed by atoms with van der Waals surface area (Å²) in [5, 5.41) is 2.55. The summed E-state index contributed by atoms with van der Waals surface area (Å²) in [7, 11) is 0. The number of nitrogens with zero attached hydrogens (tertiary/aromatic N) is 3. The largest absolute Gasteiger partial charge is 0.416 e. The van der Waals surface area contributed by atoms with Gasteiger partial charge in [-0.25, -0.2) is 4.98 Å². The van der Waals surface area contributed by atoms with Gasteiger partial charge in [-0.15, -0.1) is 0 Å². The summed E-state index contributed by atoms with van der Waals surface area (Å²) in [5.41, 5.74) is -0.594. The van der Waals surface area contributed by atoms with Crippen LogP contribution in [0.5, 0.6) is 0 Å². The molecule has 1 aliphatic rings. The number of ether oxygens (including phenoxy) is 1. The van der Waals surface area contributed by atoms with E-state index in [4.69, 9.17) is 4.74 Å². The number of aromatic nitrogens is 2. The molecular formula is C17H17F3N4O2. The van der Waals surface area contributed by atoms with Gasteiger partial charge in [-0.1, -0.05) is 6.07 Å². The number of carbonyl (C=O) groups is 1. The van der Waals surface area contributed by atoms with Crippen molar-refractivity contribution in [1.29, 1.82) is 0 Å². The molecule has 1 fully saturated rings. The molecule has 0 aliphatic carbocycles. The van der Waals surface area contributed by atoms with Crippen molar-refractivity contribution in [3.05, 3.63) is 53.5 Å². The van der Waals surface area contributed by atoms with Gasteiger partial charge < -0.3 is 15.0 Å². The fourth-order valence-corrected chi connectivity index (χ4v) is 2.53. The topological polar surface area (TPSA) is 67.4 Å². The highest BCUT2D eigenvalue weighted by Crippen LogP contribution is 2.28. The van der Waals surface area contributed by atoms with Gasteiger partial charge in [-0.05, 0) is 24.3 Å². The molecule has 26 heavy (non-hydrogen) atoms. The Morgan fingerprint density at radius 3 is 2.73 bits per heavy atom. The monoisotopic (exact) mass is 366 g/mol. The number of rotatable bonds is 4. The fourth-order valence-electron chi connectivity index (χ4n) is 2.53. The molecule has 0 spiro atoms. The van der Waals surface area contributed by atoms with E-state index >= 15 is 0 Å². The minimum Gasteiger partial charge on any atom is -0.378 e. The second-order valence-electron chi connectivity index (χ2n) is 5.70. The molecule has 0 unspecified atom stereocenters. The molecule has 0 radical (unpaired) electrons. The van der Waals surface area contributed by atoms with Crippen molar-refractivity contribution in [1.82, 2.24) is 15.3 Å². The number of hydrogen-bond acceptors (Lipinski definition) is 5. The maximum Gasteiger partial charge on any atom is 0.416 e. The van der Waals surface area contributed by atoms with Crippen molar-refractivity contribution in [3.8, 4) is 0 Å². The Bertz CT molecular complexity index is 777. The molecule has 0 saturated carbocycles. The van der Waals surface area contributed by atoms with E-state index in [1.807, 2.05) is 12.1 Å². The molecular weight excluding hydrogens is 349 g/mol. The smallest absolute Gasteiger partial charge is 0.378 e. The fraction of sp³-hybridized carbons (Fsp3) is 0.353. The number of anilines is 1. The van der Waals surface area contributed by atoms with Crippen LogP contribution in [-0.2, 0) is 17.5 Å². The lowest BCUT2D eigenvalue weighted by molar-refractivity contribution is -0.137. The summed E-state index contributed by atoms with van der Waals surface area (Å²) in [6, 6.07) is 6.98. The molecule has 1 saturated heterocycles. The lowest BCUT2D eigenvalue weighted by Gasteiger charge is -2.28. The molecule has 3 rings (SSSR count). The third-order valence-electron chi connectivity index (χ3n) is 3.88. The van der Waals surface area contributed by atoms with Gasteiger partial charge in [-0.2, -0.15) is 13.2 Å². The van der Waals surface area contributed by atoms with Crippen molar-refractivity contribution in [2.24, 2.45) is 0 Å². The quantitative estimate of drug-likeness (QED) is 0.899. The first-order valence-electron chi connectivity index (χ1n) is 8.03. The van der Waals surface area contributed by atoms with Crippen LogP contribution >= 0.6 is 0 Å². The molecule has 138 valence electrons. The Morgan fingerprint density at radius 1 is 1.23 bits per heavy atom. The normalized spacial score (nSPS) is 15.0. The van der Waals surface area contributed by atoms with Gasteiger partial charge in [0.1, 0.15) is 11.5 Å². The molecule has 6 nitrogen and oxygen atoms in total. The summed E-state index contributed by atoms with van der Waals surface area (Å²) in [4.78, 5) is 22.3. The van der Waals surface area contributed by atoms with E-state index in [1.165, 1.54) is 0 Å². The van der Waals surface area contributed by atoms with Crippen molar-refractivity contribution >= 4 is 11.7 Å². The van der Waals surface area contributed by atoms with Gasteiger partial charge in [0.15, 0.2) is 0 Å². The van der Waals surface area contributed by atoms with E-state index in [2.05, 4.69) is 20.2 Å². The molecule has 2 aromatic rings. The zero-order valence-corrected chi connectivity index (χ0v) is 13.8. The van der Waals surface area contributed by atoms with Crippen LogP contribution in [0, 0.1) is 0 Å². The van der Waals surface area contributed by atoms with Gasteiger partial charge in [-0.3, -0.25) is 9.78 Å². The van der Waals surface area contributed by atoms with Crippen LogP contribution in [0.1, 0.15) is 21.7 Å². The highest BCUT2D eigenvalue weighted by Gasteiger charge is 2.31. The van der Waals surface area contributed by atoms with E-state index < -0.39 is 17.6 Å². The van der Waals surface area contributed by atoms with Gasteiger partial charge in [0.2, 0.25) is 0 Å². The van der Waals surface area contributed by atoms with Crippen LogP contribution in [0.2, 0.25) is 0 Å². The summed E-state index contributed by atoms with van der Waals surface area (Å²) < 4.78 is 43.5. The van der Waals surface area contributed by atoms with E-state index in [1.54, 1.807) is 6.07 Å². The van der Waals surface area contributed by atoms with E-state index in [9.17, 15) is 18.0 Å². The number of morpholine rings is 1. The zero-order chi connectivity index (χ0) is 18.6. The predicted molar refractivity (Wildman–Crippen MR) is 87.7 cm³/mol. The van der Waals surface area contributed by atoms with E-state index in [0.29, 0.717) is 18.9 Å². The van der Waals surface area contributed by atoms with Crippen LogP contribution in [0.25, 0.3) is 0 Å². The van der Waals surface area contributed by atoms with Crippen LogP contribution in [-0.4, -0.2) is 42.2 Å². The predicted octanol–water partition coefficient (Wildman–Crippen LogP) is 2.26. The maximum atomic E-state index is 12.7. The molecule has 1 aliphatic heterocycles. The first-order chi connectivity index (χ1) is 12.4. The molecule has 0 atom stereocenters. The number of carbonyl (C=O) groups excluding carboxylic acids is 1. The number of alkyl halides is 3. The van der Waals surface area contributed by atoms with Crippen molar-refractivity contribution in [2.45, 2.75) is 12.7 Å². The van der Waals surface area contributed by atoms with Gasteiger partial charge >= 0.3 is 6.18 Å². The third kappa shape index (κ3) is 4.48. The Balaban J connectivity index is 1.64. The summed E-state index contributed by atoms with van der Waals surface area (Å²) in [6.45, 7) is 2.82. The molecule has 3 heterocycles. The average molecular weight is 366 g/mol. The Hall–Kier alpha value is -2.68. The van der Waals surface area contributed by atoms with Crippen LogP contribution < -0.4 is 10.2 Å². The molecule has 0 bridgehead atoms. The lowest BCUT2D eigenvalue weighted by Crippen LogP contribution is -2.37. The molecule has 2 aromatic heterocycles. The highest BCUT2D eigenvalue weighted by atomic mass is 19.4. The van der Waals surface area contributed by atoms with E-state index in [-0.39, 0.29) is 12.2 Å². The van der Waals surface area contributed by atoms with Gasteiger partial charge in [0, 0.05) is 19.3 Å². The third-order valence-corrected chi connectivity index (χ3v) is 3.88. The molecule has 0 aromatic carbocycles. The van der Waals surface area contributed by atoms with Crippen molar-refractivity contribution in [2.75, 3.05) is 31.2 Å². The zero-order valence-electron chi connectivity index (χ0n) is 13.8. The maximum absolute atomic E-state index is 12.7. The first-order valence-corrected chi connectivity index (χ1v) is 8.03. The number of hydrogen-bond donors (Lipinski definition) is 1. The Kier molecular flexibility index (Phi) is 5.36. The second-order valence-corrected chi connectivity index (χ2v) is 5.70. The average Bonchev–Trinajstić information content (AvgIpc) is 2.66. The van der Waals surface area contributed by atoms with Crippen LogP contribution in [0.4, 0.5) is 19.0 Å². The van der Waals surface area contributed by atoms with Gasteiger partial charge in [0.05, 0.1) is 31.0 Å². The minimum atomic E-state index is -4.52. The minimum absolute atomic E-state index is 0.0922. The summed E-state index contributed by atoms with van der Waals surface area (Å²) in [6.07, 6.45) is -3.55. The van der Waals surface area contributed by atoms with E-state index in [0.717, 1.165) is 37.2 Å². The molecule has 1 N–H and O–H groups in total. The first kappa shape index (κ1) is 18.1. The Labute approximate surface area is 148 Å². The second kappa shape index (κ2) is 7.69. The number of nitrogens with one attached hydrogen (secondary N) is 1. The molecule has 9 heteroatoms. The lowest BCUT2D eigenvalue weighted by atomic mass is 10.2. The highest BCUT2D eigenvalue weighted by molar-refractivity contribution is 5.92. The number of amides is 1. The van der Waals surface area contributed by atoms with Crippen molar-refractivity contribution < 1.29 is 22.7 Å². The van der Waals surface area contributed by atoms with Crippen LogP contribution in [0.15, 0.2) is 36.5 Å². The summed E-state index contributed by atoms with van der Waals surface area (Å²) in [5.74, 6) is 0.0897. The Morgan fingerprint density at radius 2 is 2.00 bits per heavy atom. The number of pyridine rings is 2. The molecule has 1 amide bonds. The van der Waals surface area contributed by atoms with Gasteiger partial charge in [0.25, 0.3) is 5.91 Å². The van der Waals surface area contributed by atoms with Crippen molar-refractivity contribution in [3.63, 3.8) is 0 Å². The van der Waals surface area contributed by atoms with Crippen LogP contribution in [0.3, 0.4) is 0 Å². The SMILES string of the molecule is O=C(NCc1cccc(N2CCOCC2)n1)c1cc(C(F)(F)F)ccn1. The standard InChI is InChI=1S/C17H17F3N4O2/c18-17(19,20)12-4-5-21-14(10-12)16(25)22-11-13-2-1-3-15(23-13)24-6-8-26-9-7-24/h1-5,10H,6-9,11H2,(H,22,25). The summed E-state index contributed by atoms with van der Waals surface area (Å²) >= 11 is 0.